The summed E-state index contributed by atoms with van der Waals surface area (Å²) < 4.78 is 5.25. The molecule has 0 spiro atoms. The van der Waals surface area contributed by atoms with E-state index in [1.54, 1.807) is 7.11 Å². The molecule has 1 aliphatic rings. The number of hydrogen-bond donors (Lipinski definition) is 1. The minimum Gasteiger partial charge on any atom is -0.495 e. The summed E-state index contributed by atoms with van der Waals surface area (Å²) in [6, 6.07) is 5.97. The van der Waals surface area contributed by atoms with Crippen LogP contribution >= 0.6 is 11.6 Å². The second-order valence-corrected chi connectivity index (χ2v) is 5.56. The molecule has 88 valence electrons. The molecular weight excluding hydrogens is 222 g/mol. The summed E-state index contributed by atoms with van der Waals surface area (Å²) in [5.74, 6) is 0.731. The molecule has 2 nitrogen and oxygen atoms in total. The topological polar surface area (TPSA) is 35.2 Å². The van der Waals surface area contributed by atoms with Crippen LogP contribution < -0.4 is 10.5 Å². The zero-order valence-corrected chi connectivity index (χ0v) is 10.8. The Hall–Kier alpha value is -0.730. The summed E-state index contributed by atoms with van der Waals surface area (Å²) >= 11 is 6.02. The lowest BCUT2D eigenvalue weighted by molar-refractivity contribution is 0.385. The van der Waals surface area contributed by atoms with E-state index in [4.69, 9.17) is 22.1 Å². The minimum absolute atomic E-state index is 0.102. The summed E-state index contributed by atoms with van der Waals surface area (Å²) in [5.41, 5.74) is 7.40. The standard InChI is InChI=1S/C13H18ClNO/c1-12(2,15)13(6-7-13)9-4-5-10(14)11(8-9)16-3/h4-5,8H,6-7,15H2,1-3H3. The van der Waals surface area contributed by atoms with E-state index in [0.717, 1.165) is 18.6 Å². The van der Waals surface area contributed by atoms with Crippen molar-refractivity contribution in [3.63, 3.8) is 0 Å². The molecule has 1 saturated carbocycles. The van der Waals surface area contributed by atoms with E-state index in [9.17, 15) is 0 Å². The van der Waals surface area contributed by atoms with Crippen molar-refractivity contribution in [1.82, 2.24) is 0 Å². The molecule has 0 amide bonds. The number of rotatable bonds is 3. The fraction of sp³-hybridized carbons (Fsp3) is 0.538. The van der Waals surface area contributed by atoms with Crippen molar-refractivity contribution in [2.45, 2.75) is 37.6 Å². The van der Waals surface area contributed by atoms with Crippen molar-refractivity contribution in [2.24, 2.45) is 5.73 Å². The highest BCUT2D eigenvalue weighted by Gasteiger charge is 2.53. The Bertz CT molecular complexity index is 405. The maximum atomic E-state index is 6.26. The molecule has 0 aromatic heterocycles. The lowest BCUT2D eigenvalue weighted by Gasteiger charge is -2.31. The highest BCUT2D eigenvalue weighted by Crippen LogP contribution is 2.55. The van der Waals surface area contributed by atoms with Crippen LogP contribution in [0.1, 0.15) is 32.3 Å². The fourth-order valence-corrected chi connectivity index (χ4v) is 2.58. The van der Waals surface area contributed by atoms with E-state index in [2.05, 4.69) is 19.9 Å². The van der Waals surface area contributed by atoms with E-state index >= 15 is 0 Å². The molecule has 0 saturated heterocycles. The van der Waals surface area contributed by atoms with E-state index in [0.29, 0.717) is 5.02 Å². The molecule has 3 heteroatoms. The molecule has 0 heterocycles. The number of benzene rings is 1. The second-order valence-electron chi connectivity index (χ2n) is 5.15. The second kappa shape index (κ2) is 3.64. The molecule has 16 heavy (non-hydrogen) atoms. The van der Waals surface area contributed by atoms with E-state index < -0.39 is 0 Å². The van der Waals surface area contributed by atoms with E-state index in [1.165, 1.54) is 5.56 Å². The third kappa shape index (κ3) is 1.70. The Kier molecular flexibility index (Phi) is 2.67. The quantitative estimate of drug-likeness (QED) is 0.880. The van der Waals surface area contributed by atoms with Gasteiger partial charge in [-0.15, -0.1) is 0 Å². The largest absolute Gasteiger partial charge is 0.495 e. The van der Waals surface area contributed by atoms with Gasteiger partial charge in [-0.1, -0.05) is 17.7 Å². The van der Waals surface area contributed by atoms with Crippen LogP contribution in [-0.2, 0) is 5.41 Å². The maximum absolute atomic E-state index is 6.26. The van der Waals surface area contributed by atoms with Crippen LogP contribution in [0.25, 0.3) is 0 Å². The fourth-order valence-electron chi connectivity index (χ4n) is 2.39. The normalized spacial score (nSPS) is 18.3. The lowest BCUT2D eigenvalue weighted by Crippen LogP contribution is -2.45. The van der Waals surface area contributed by atoms with Gasteiger partial charge in [-0.05, 0) is 44.4 Å². The van der Waals surface area contributed by atoms with Gasteiger partial charge in [-0.2, -0.15) is 0 Å². The molecule has 0 unspecified atom stereocenters. The first-order valence-corrected chi connectivity index (χ1v) is 5.91. The van der Waals surface area contributed by atoms with Crippen molar-refractivity contribution in [3.8, 4) is 5.75 Å². The van der Waals surface area contributed by atoms with Gasteiger partial charge in [0.15, 0.2) is 0 Å². The summed E-state index contributed by atoms with van der Waals surface area (Å²) in [4.78, 5) is 0. The average molecular weight is 240 g/mol. The van der Waals surface area contributed by atoms with E-state index in [-0.39, 0.29) is 11.0 Å². The molecule has 1 aromatic carbocycles. The molecule has 0 bridgehead atoms. The van der Waals surface area contributed by atoms with Crippen LogP contribution in [0.2, 0.25) is 5.02 Å². The first-order valence-electron chi connectivity index (χ1n) is 5.54. The Morgan fingerprint density at radius 3 is 2.44 bits per heavy atom. The van der Waals surface area contributed by atoms with Crippen LogP contribution in [-0.4, -0.2) is 12.6 Å². The van der Waals surface area contributed by atoms with Crippen LogP contribution in [0.5, 0.6) is 5.75 Å². The number of nitrogens with two attached hydrogens (primary N) is 1. The Labute approximate surface area is 102 Å². The summed E-state index contributed by atoms with van der Waals surface area (Å²) in [5, 5.41) is 0.650. The Morgan fingerprint density at radius 2 is 2.00 bits per heavy atom. The molecule has 2 rings (SSSR count). The molecule has 2 N–H and O–H groups in total. The third-order valence-electron chi connectivity index (χ3n) is 3.69. The smallest absolute Gasteiger partial charge is 0.137 e. The van der Waals surface area contributed by atoms with Crippen LogP contribution in [0, 0.1) is 0 Å². The number of halogens is 1. The van der Waals surface area contributed by atoms with Crippen LogP contribution in [0.3, 0.4) is 0 Å². The van der Waals surface area contributed by atoms with Crippen molar-refractivity contribution in [2.75, 3.05) is 7.11 Å². The highest BCUT2D eigenvalue weighted by molar-refractivity contribution is 6.32. The summed E-state index contributed by atoms with van der Waals surface area (Å²) in [7, 11) is 1.64. The van der Waals surface area contributed by atoms with Crippen LogP contribution in [0.15, 0.2) is 18.2 Å². The summed E-state index contributed by atoms with van der Waals surface area (Å²) in [6.07, 6.45) is 2.28. The van der Waals surface area contributed by atoms with Crippen LogP contribution in [0.4, 0.5) is 0 Å². The van der Waals surface area contributed by atoms with Gasteiger partial charge in [0.25, 0.3) is 0 Å². The average Bonchev–Trinajstić information content (AvgIpc) is 2.98. The highest BCUT2D eigenvalue weighted by atomic mass is 35.5. The van der Waals surface area contributed by atoms with Gasteiger partial charge < -0.3 is 10.5 Å². The molecule has 1 aromatic rings. The molecule has 0 aliphatic heterocycles. The lowest BCUT2D eigenvalue weighted by atomic mass is 9.79. The first kappa shape index (κ1) is 11.7. The third-order valence-corrected chi connectivity index (χ3v) is 4.00. The van der Waals surface area contributed by atoms with Gasteiger partial charge in [0.2, 0.25) is 0 Å². The summed E-state index contributed by atoms with van der Waals surface area (Å²) in [6.45, 7) is 4.17. The SMILES string of the molecule is COc1cc(C2(C(C)(C)N)CC2)ccc1Cl. The monoisotopic (exact) mass is 239 g/mol. The number of ether oxygens (including phenoxy) is 1. The van der Waals surface area contributed by atoms with E-state index in [1.807, 2.05) is 12.1 Å². The van der Waals surface area contributed by atoms with Gasteiger partial charge in [0, 0.05) is 11.0 Å². The van der Waals surface area contributed by atoms with Crippen molar-refractivity contribution >= 4 is 11.6 Å². The molecular formula is C13H18ClNO. The molecule has 1 fully saturated rings. The number of methoxy groups -OCH3 is 1. The molecule has 1 aliphatic carbocycles. The van der Waals surface area contributed by atoms with Gasteiger partial charge >= 0.3 is 0 Å². The van der Waals surface area contributed by atoms with Gasteiger partial charge in [-0.3, -0.25) is 0 Å². The Morgan fingerprint density at radius 1 is 1.38 bits per heavy atom. The molecule has 0 atom stereocenters. The van der Waals surface area contributed by atoms with Crippen molar-refractivity contribution in [1.29, 1.82) is 0 Å². The zero-order chi connectivity index (χ0) is 12.0. The zero-order valence-electron chi connectivity index (χ0n) is 10.0. The van der Waals surface area contributed by atoms with Gasteiger partial charge in [-0.25, -0.2) is 0 Å². The molecule has 0 radical (unpaired) electrons. The van der Waals surface area contributed by atoms with Crippen molar-refractivity contribution in [3.05, 3.63) is 28.8 Å². The Balaban J connectivity index is 2.42. The predicted octanol–water partition coefficient (Wildman–Crippen LogP) is 3.12. The first-order chi connectivity index (χ1) is 7.40. The van der Waals surface area contributed by atoms with Gasteiger partial charge in [0.1, 0.15) is 5.75 Å². The number of hydrogen-bond acceptors (Lipinski definition) is 2. The van der Waals surface area contributed by atoms with Gasteiger partial charge in [0.05, 0.1) is 12.1 Å². The maximum Gasteiger partial charge on any atom is 0.137 e. The van der Waals surface area contributed by atoms with Crippen molar-refractivity contribution < 1.29 is 4.74 Å². The minimum atomic E-state index is -0.203. The predicted molar refractivity (Wildman–Crippen MR) is 67.2 cm³/mol.